The first kappa shape index (κ1) is 14.7. The summed E-state index contributed by atoms with van der Waals surface area (Å²) in [4.78, 5) is 14.2. The number of hydrogen-bond acceptors (Lipinski definition) is 3. The van der Waals surface area contributed by atoms with Gasteiger partial charge in [-0.3, -0.25) is 9.48 Å². The van der Waals surface area contributed by atoms with Crippen molar-refractivity contribution in [2.75, 3.05) is 19.6 Å². The third kappa shape index (κ3) is 3.57. The second-order valence-corrected chi connectivity index (χ2v) is 4.43. The van der Waals surface area contributed by atoms with Gasteiger partial charge in [-0.2, -0.15) is 5.10 Å². The Bertz CT molecular complexity index is 386. The molecule has 1 amide bonds. The van der Waals surface area contributed by atoms with E-state index in [1.165, 1.54) is 0 Å². The maximum atomic E-state index is 12.4. The highest BCUT2D eigenvalue weighted by molar-refractivity contribution is 5.92. The molecule has 0 atom stereocenters. The SMILES string of the molecule is CCCCN(CCN)C(=O)c1cc(CC)nn1C. The quantitative estimate of drug-likeness (QED) is 0.792. The second-order valence-electron chi connectivity index (χ2n) is 4.43. The van der Waals surface area contributed by atoms with Crippen LogP contribution in [0.1, 0.15) is 42.9 Å². The molecule has 0 aliphatic rings. The summed E-state index contributed by atoms with van der Waals surface area (Å²) in [7, 11) is 1.81. The molecule has 2 N–H and O–H groups in total. The second kappa shape index (κ2) is 7.16. The molecule has 1 heterocycles. The monoisotopic (exact) mass is 252 g/mol. The Morgan fingerprint density at radius 1 is 1.44 bits per heavy atom. The first-order valence-electron chi connectivity index (χ1n) is 6.66. The van der Waals surface area contributed by atoms with E-state index in [0.717, 1.165) is 31.5 Å². The van der Waals surface area contributed by atoms with E-state index >= 15 is 0 Å². The van der Waals surface area contributed by atoms with Gasteiger partial charge < -0.3 is 10.6 Å². The number of carbonyl (C=O) groups excluding carboxylic acids is 1. The fraction of sp³-hybridized carbons (Fsp3) is 0.692. The van der Waals surface area contributed by atoms with Crippen molar-refractivity contribution in [3.05, 3.63) is 17.5 Å². The number of aromatic nitrogens is 2. The molecule has 1 aromatic rings. The number of nitrogens with zero attached hydrogens (tertiary/aromatic N) is 3. The van der Waals surface area contributed by atoms with Gasteiger partial charge in [0.2, 0.25) is 0 Å². The Morgan fingerprint density at radius 3 is 2.67 bits per heavy atom. The number of hydrogen-bond donors (Lipinski definition) is 1. The lowest BCUT2D eigenvalue weighted by Gasteiger charge is -2.21. The van der Waals surface area contributed by atoms with E-state index in [-0.39, 0.29) is 5.91 Å². The summed E-state index contributed by atoms with van der Waals surface area (Å²) in [6.07, 6.45) is 2.91. The molecule has 0 fully saturated rings. The van der Waals surface area contributed by atoms with Crippen LogP contribution in [0.25, 0.3) is 0 Å². The predicted molar refractivity (Wildman–Crippen MR) is 72.5 cm³/mol. The van der Waals surface area contributed by atoms with Crippen LogP contribution in [-0.2, 0) is 13.5 Å². The summed E-state index contributed by atoms with van der Waals surface area (Å²) in [5.41, 5.74) is 7.17. The summed E-state index contributed by atoms with van der Waals surface area (Å²) in [5.74, 6) is 0.0311. The number of rotatable bonds is 7. The molecule has 0 saturated heterocycles. The molecule has 5 nitrogen and oxygen atoms in total. The summed E-state index contributed by atoms with van der Waals surface area (Å²) in [6, 6.07) is 1.87. The van der Waals surface area contributed by atoms with Gasteiger partial charge in [0.25, 0.3) is 5.91 Å². The lowest BCUT2D eigenvalue weighted by Crippen LogP contribution is -2.37. The number of nitrogens with two attached hydrogens (primary N) is 1. The molecular formula is C13H24N4O. The maximum Gasteiger partial charge on any atom is 0.272 e. The summed E-state index contributed by atoms with van der Waals surface area (Å²) in [5, 5.41) is 4.31. The standard InChI is InChI=1S/C13H24N4O/c1-4-6-8-17(9-7-14)13(18)12-10-11(5-2)15-16(12)3/h10H,4-9,14H2,1-3H3. The highest BCUT2D eigenvalue weighted by Gasteiger charge is 2.18. The maximum absolute atomic E-state index is 12.4. The van der Waals surface area contributed by atoms with Crippen LogP contribution in [-0.4, -0.2) is 40.2 Å². The number of unbranched alkanes of at least 4 members (excludes halogenated alkanes) is 1. The molecule has 1 rings (SSSR count). The van der Waals surface area contributed by atoms with E-state index in [9.17, 15) is 4.79 Å². The van der Waals surface area contributed by atoms with E-state index < -0.39 is 0 Å². The molecule has 0 aromatic carbocycles. The zero-order valence-electron chi connectivity index (χ0n) is 11.6. The molecule has 0 unspecified atom stereocenters. The van der Waals surface area contributed by atoms with E-state index in [4.69, 9.17) is 5.73 Å². The van der Waals surface area contributed by atoms with Crippen LogP contribution < -0.4 is 5.73 Å². The molecular weight excluding hydrogens is 228 g/mol. The van der Waals surface area contributed by atoms with E-state index in [1.54, 1.807) is 4.68 Å². The Labute approximate surface area is 109 Å². The highest BCUT2D eigenvalue weighted by atomic mass is 16.2. The Balaban J connectivity index is 2.83. The molecule has 5 heteroatoms. The predicted octanol–water partition coefficient (Wildman–Crippen LogP) is 1.18. The van der Waals surface area contributed by atoms with Gasteiger partial charge in [-0.1, -0.05) is 20.3 Å². The smallest absolute Gasteiger partial charge is 0.272 e. The molecule has 1 aromatic heterocycles. The topological polar surface area (TPSA) is 64.2 Å². The van der Waals surface area contributed by atoms with Gasteiger partial charge in [-0.05, 0) is 18.9 Å². The minimum Gasteiger partial charge on any atom is -0.336 e. The van der Waals surface area contributed by atoms with Gasteiger partial charge in [0, 0.05) is 26.7 Å². The van der Waals surface area contributed by atoms with Gasteiger partial charge in [0.05, 0.1) is 5.69 Å². The Morgan fingerprint density at radius 2 is 2.17 bits per heavy atom. The molecule has 0 radical (unpaired) electrons. The summed E-state index contributed by atoms with van der Waals surface area (Å²) < 4.78 is 1.66. The van der Waals surface area contributed by atoms with Gasteiger partial charge >= 0.3 is 0 Å². The first-order chi connectivity index (χ1) is 8.63. The Hall–Kier alpha value is -1.36. The third-order valence-electron chi connectivity index (χ3n) is 2.98. The average Bonchev–Trinajstić information content (AvgIpc) is 2.75. The first-order valence-corrected chi connectivity index (χ1v) is 6.66. The van der Waals surface area contributed by atoms with E-state index in [2.05, 4.69) is 12.0 Å². The third-order valence-corrected chi connectivity index (χ3v) is 2.98. The van der Waals surface area contributed by atoms with Crippen molar-refractivity contribution < 1.29 is 4.79 Å². The number of carbonyl (C=O) groups is 1. The van der Waals surface area contributed by atoms with E-state index in [1.807, 2.05) is 24.9 Å². The van der Waals surface area contributed by atoms with Crippen molar-refractivity contribution in [2.45, 2.75) is 33.1 Å². The molecule has 102 valence electrons. The van der Waals surface area contributed by atoms with E-state index in [0.29, 0.717) is 18.8 Å². The fourth-order valence-electron chi connectivity index (χ4n) is 1.88. The molecule has 0 aliphatic carbocycles. The largest absolute Gasteiger partial charge is 0.336 e. The van der Waals surface area contributed by atoms with Gasteiger partial charge in [0.15, 0.2) is 0 Å². The lowest BCUT2D eigenvalue weighted by atomic mass is 10.2. The van der Waals surface area contributed by atoms with Crippen LogP contribution in [0.15, 0.2) is 6.07 Å². The van der Waals surface area contributed by atoms with Crippen molar-refractivity contribution in [3.63, 3.8) is 0 Å². The lowest BCUT2D eigenvalue weighted by molar-refractivity contribution is 0.0747. The summed E-state index contributed by atoms with van der Waals surface area (Å²) >= 11 is 0. The van der Waals surface area contributed by atoms with Crippen molar-refractivity contribution in [2.24, 2.45) is 12.8 Å². The fourth-order valence-corrected chi connectivity index (χ4v) is 1.88. The number of amides is 1. The molecule has 0 bridgehead atoms. The van der Waals surface area contributed by atoms with Crippen LogP contribution in [0.4, 0.5) is 0 Å². The molecule has 18 heavy (non-hydrogen) atoms. The molecule has 0 spiro atoms. The highest BCUT2D eigenvalue weighted by Crippen LogP contribution is 2.08. The van der Waals surface area contributed by atoms with Crippen molar-refractivity contribution in [3.8, 4) is 0 Å². The Kier molecular flexibility index (Phi) is 5.85. The zero-order valence-corrected chi connectivity index (χ0v) is 11.6. The van der Waals surface area contributed by atoms with Crippen LogP contribution >= 0.6 is 0 Å². The van der Waals surface area contributed by atoms with Crippen molar-refractivity contribution in [1.29, 1.82) is 0 Å². The zero-order chi connectivity index (χ0) is 13.5. The minimum absolute atomic E-state index is 0.0311. The molecule has 0 saturated carbocycles. The van der Waals surface area contributed by atoms with Crippen molar-refractivity contribution >= 4 is 5.91 Å². The normalized spacial score (nSPS) is 10.7. The average molecular weight is 252 g/mol. The van der Waals surface area contributed by atoms with Crippen LogP contribution in [0, 0.1) is 0 Å². The number of aryl methyl sites for hydroxylation is 2. The summed E-state index contributed by atoms with van der Waals surface area (Å²) in [6.45, 7) is 6.01. The van der Waals surface area contributed by atoms with Gasteiger partial charge in [-0.15, -0.1) is 0 Å². The van der Waals surface area contributed by atoms with Crippen molar-refractivity contribution in [1.82, 2.24) is 14.7 Å². The minimum atomic E-state index is 0.0311. The van der Waals surface area contributed by atoms with Gasteiger partial charge in [-0.25, -0.2) is 0 Å². The van der Waals surface area contributed by atoms with Crippen LogP contribution in [0.2, 0.25) is 0 Å². The van der Waals surface area contributed by atoms with Crippen LogP contribution in [0.5, 0.6) is 0 Å². The van der Waals surface area contributed by atoms with Gasteiger partial charge in [0.1, 0.15) is 5.69 Å². The van der Waals surface area contributed by atoms with Crippen LogP contribution in [0.3, 0.4) is 0 Å². The molecule has 0 aliphatic heterocycles.